The minimum Gasteiger partial charge on any atom is -0.459 e. The van der Waals surface area contributed by atoms with Crippen molar-refractivity contribution in [1.29, 1.82) is 0 Å². The van der Waals surface area contributed by atoms with Gasteiger partial charge in [0.1, 0.15) is 12.7 Å². The van der Waals surface area contributed by atoms with Gasteiger partial charge in [0.15, 0.2) is 0 Å². The Labute approximate surface area is 93.5 Å². The molecule has 0 rings (SSSR count). The first-order valence-electron chi connectivity index (χ1n) is 4.25. The van der Waals surface area contributed by atoms with E-state index in [4.69, 9.17) is 16.3 Å². The predicted octanol–water partition coefficient (Wildman–Crippen LogP) is 1.44. The summed E-state index contributed by atoms with van der Waals surface area (Å²) >= 11 is 5.38. The molecule has 0 fully saturated rings. The van der Waals surface area contributed by atoms with Gasteiger partial charge in [-0.25, -0.2) is 9.59 Å². The summed E-state index contributed by atoms with van der Waals surface area (Å²) in [6.07, 6.45) is 0.494. The number of carbonyl (C=O) groups is 2. The van der Waals surface area contributed by atoms with Crippen LogP contribution in [0.25, 0.3) is 0 Å². The molecular weight excluding hydrogens is 220 g/mol. The van der Waals surface area contributed by atoms with Crippen LogP contribution in [0.1, 0.15) is 6.92 Å². The van der Waals surface area contributed by atoms with Crippen LogP contribution in [0.2, 0.25) is 0 Å². The molecule has 5 heteroatoms. The van der Waals surface area contributed by atoms with E-state index in [0.29, 0.717) is 0 Å². The molecule has 4 nitrogen and oxygen atoms in total. The largest absolute Gasteiger partial charge is 0.459 e. The SMILES string of the molecule is C=CC(=O)OCC(C)OC(=O)C(=C)CCl. The Bertz CT molecular complexity index is 273. The van der Waals surface area contributed by atoms with Gasteiger partial charge in [-0.05, 0) is 6.92 Å². The van der Waals surface area contributed by atoms with Crippen LogP contribution in [0, 0.1) is 0 Å². The monoisotopic (exact) mass is 232 g/mol. The fourth-order valence-electron chi connectivity index (χ4n) is 0.613. The van der Waals surface area contributed by atoms with Crippen LogP contribution in [-0.2, 0) is 19.1 Å². The molecule has 0 saturated carbocycles. The van der Waals surface area contributed by atoms with E-state index >= 15 is 0 Å². The first-order chi connectivity index (χ1) is 7.01. The van der Waals surface area contributed by atoms with Crippen LogP contribution in [0.15, 0.2) is 24.8 Å². The van der Waals surface area contributed by atoms with Crippen LogP contribution < -0.4 is 0 Å². The molecule has 0 aliphatic rings. The molecule has 84 valence electrons. The second-order valence-electron chi connectivity index (χ2n) is 2.79. The number of hydrogen-bond acceptors (Lipinski definition) is 4. The fraction of sp³-hybridized carbons (Fsp3) is 0.400. The topological polar surface area (TPSA) is 52.6 Å². The zero-order valence-electron chi connectivity index (χ0n) is 8.49. The number of halogens is 1. The number of hydrogen-bond donors (Lipinski definition) is 0. The number of rotatable bonds is 6. The maximum Gasteiger partial charge on any atom is 0.335 e. The molecule has 0 aliphatic heterocycles. The minimum atomic E-state index is -0.591. The lowest BCUT2D eigenvalue weighted by molar-refractivity contribution is -0.152. The third-order valence-electron chi connectivity index (χ3n) is 1.39. The lowest BCUT2D eigenvalue weighted by atomic mass is 10.3. The van der Waals surface area contributed by atoms with Crippen molar-refractivity contribution in [1.82, 2.24) is 0 Å². The Morgan fingerprint density at radius 2 is 2.13 bits per heavy atom. The fourth-order valence-corrected chi connectivity index (χ4v) is 0.722. The van der Waals surface area contributed by atoms with Crippen LogP contribution >= 0.6 is 11.6 Å². The molecule has 0 bridgehead atoms. The predicted molar refractivity (Wildman–Crippen MR) is 56.6 cm³/mol. The van der Waals surface area contributed by atoms with Gasteiger partial charge < -0.3 is 9.47 Å². The van der Waals surface area contributed by atoms with Crippen molar-refractivity contribution in [2.24, 2.45) is 0 Å². The highest BCUT2D eigenvalue weighted by Gasteiger charge is 2.13. The van der Waals surface area contributed by atoms with Crippen molar-refractivity contribution in [3.63, 3.8) is 0 Å². The lowest BCUT2D eigenvalue weighted by Gasteiger charge is -2.12. The zero-order valence-corrected chi connectivity index (χ0v) is 9.25. The molecular formula is C10H13ClO4. The molecule has 0 aliphatic carbocycles. The van der Waals surface area contributed by atoms with Gasteiger partial charge in [-0.2, -0.15) is 0 Å². The Balaban J connectivity index is 3.88. The van der Waals surface area contributed by atoms with Crippen LogP contribution in [0.4, 0.5) is 0 Å². The van der Waals surface area contributed by atoms with E-state index in [-0.39, 0.29) is 18.1 Å². The van der Waals surface area contributed by atoms with E-state index in [1.165, 1.54) is 0 Å². The van der Waals surface area contributed by atoms with Gasteiger partial charge in [0, 0.05) is 11.6 Å². The van der Waals surface area contributed by atoms with Gasteiger partial charge in [-0.1, -0.05) is 13.2 Å². The summed E-state index contributed by atoms with van der Waals surface area (Å²) in [5.74, 6) is -1.14. The van der Waals surface area contributed by atoms with Crippen molar-refractivity contribution >= 4 is 23.5 Å². The van der Waals surface area contributed by atoms with Crippen LogP contribution in [0.5, 0.6) is 0 Å². The minimum absolute atomic E-state index is 0.0119. The van der Waals surface area contributed by atoms with Crippen molar-refractivity contribution in [2.45, 2.75) is 13.0 Å². The third-order valence-corrected chi connectivity index (χ3v) is 1.71. The summed E-state index contributed by atoms with van der Waals surface area (Å²) in [7, 11) is 0. The molecule has 1 atom stereocenters. The van der Waals surface area contributed by atoms with Crippen molar-refractivity contribution in [2.75, 3.05) is 12.5 Å². The summed E-state index contributed by atoms with van der Waals surface area (Å²) < 4.78 is 9.53. The second kappa shape index (κ2) is 7.06. The molecule has 0 aromatic heterocycles. The van der Waals surface area contributed by atoms with Gasteiger partial charge in [-0.15, -0.1) is 11.6 Å². The first-order valence-corrected chi connectivity index (χ1v) is 4.78. The summed E-state index contributed by atoms with van der Waals surface area (Å²) in [5.41, 5.74) is 0.165. The van der Waals surface area contributed by atoms with Gasteiger partial charge in [-0.3, -0.25) is 0 Å². The first kappa shape index (κ1) is 13.7. The van der Waals surface area contributed by atoms with E-state index in [9.17, 15) is 9.59 Å². The highest BCUT2D eigenvalue weighted by atomic mass is 35.5. The summed E-state index contributed by atoms with van der Waals surface area (Å²) in [4.78, 5) is 21.8. The van der Waals surface area contributed by atoms with E-state index in [1.54, 1.807) is 6.92 Å². The molecule has 0 N–H and O–H groups in total. The normalized spacial score (nSPS) is 11.3. The highest BCUT2D eigenvalue weighted by Crippen LogP contribution is 2.01. The third kappa shape index (κ3) is 5.91. The highest BCUT2D eigenvalue weighted by molar-refractivity contribution is 6.22. The number of ether oxygens (including phenoxy) is 2. The van der Waals surface area contributed by atoms with Crippen molar-refractivity contribution < 1.29 is 19.1 Å². The molecule has 0 saturated heterocycles. The van der Waals surface area contributed by atoms with Crippen molar-refractivity contribution in [3.05, 3.63) is 24.8 Å². The maximum absolute atomic E-state index is 11.1. The Morgan fingerprint density at radius 3 is 2.60 bits per heavy atom. The molecule has 0 spiro atoms. The Hall–Kier alpha value is -1.29. The number of alkyl halides is 1. The average Bonchev–Trinajstić information content (AvgIpc) is 2.24. The van der Waals surface area contributed by atoms with Gasteiger partial charge in [0.2, 0.25) is 0 Å². The summed E-state index contributed by atoms with van der Waals surface area (Å²) in [6.45, 7) is 8.21. The molecule has 1 unspecified atom stereocenters. The second-order valence-corrected chi connectivity index (χ2v) is 3.05. The van der Waals surface area contributed by atoms with Gasteiger partial charge in [0.05, 0.1) is 5.88 Å². The van der Waals surface area contributed by atoms with Crippen molar-refractivity contribution in [3.8, 4) is 0 Å². The molecule has 0 amide bonds. The molecule has 15 heavy (non-hydrogen) atoms. The summed E-state index contributed by atoms with van der Waals surface area (Å²) in [5, 5.41) is 0. The molecule has 0 aromatic rings. The standard InChI is InChI=1S/C10H13ClO4/c1-4-9(12)14-6-8(3)15-10(13)7(2)5-11/h4,8H,1-2,5-6H2,3H3. The van der Waals surface area contributed by atoms with E-state index in [1.807, 2.05) is 0 Å². The zero-order chi connectivity index (χ0) is 11.8. The smallest absolute Gasteiger partial charge is 0.335 e. The quantitative estimate of drug-likeness (QED) is 0.395. The Morgan fingerprint density at radius 1 is 1.53 bits per heavy atom. The maximum atomic E-state index is 11.1. The Kier molecular flexibility index (Phi) is 6.45. The van der Waals surface area contributed by atoms with E-state index in [0.717, 1.165) is 6.08 Å². The molecule has 0 aromatic carbocycles. The van der Waals surface area contributed by atoms with Gasteiger partial charge >= 0.3 is 11.9 Å². The lowest BCUT2D eigenvalue weighted by Crippen LogP contribution is -2.22. The molecule has 0 radical (unpaired) electrons. The van der Waals surface area contributed by atoms with E-state index < -0.39 is 18.0 Å². The molecule has 0 heterocycles. The van der Waals surface area contributed by atoms with Crippen LogP contribution in [0.3, 0.4) is 0 Å². The van der Waals surface area contributed by atoms with Gasteiger partial charge in [0.25, 0.3) is 0 Å². The summed E-state index contributed by atoms with van der Waals surface area (Å²) in [6, 6.07) is 0. The number of esters is 2. The average molecular weight is 233 g/mol. The van der Waals surface area contributed by atoms with E-state index in [2.05, 4.69) is 17.9 Å². The van der Waals surface area contributed by atoms with Crippen LogP contribution in [-0.4, -0.2) is 30.5 Å². The number of carbonyl (C=O) groups excluding carboxylic acids is 2.